The molecule has 1 saturated heterocycles. The van der Waals surface area contributed by atoms with Crippen LogP contribution in [0, 0.1) is 11.8 Å². The minimum atomic E-state index is -0.311. The molecule has 0 aliphatic carbocycles. The lowest BCUT2D eigenvalue weighted by molar-refractivity contribution is 0.0526. The molecule has 3 heteroatoms. The molecule has 3 aromatic carbocycles. The summed E-state index contributed by atoms with van der Waals surface area (Å²) in [6.07, 6.45) is 0.881. The van der Waals surface area contributed by atoms with Gasteiger partial charge < -0.3 is 9.47 Å². The predicted molar refractivity (Wildman–Crippen MR) is 113 cm³/mol. The minimum absolute atomic E-state index is 0.198. The molecule has 0 N–H and O–H groups in total. The normalized spacial score (nSPS) is 17.1. The summed E-state index contributed by atoms with van der Waals surface area (Å²) in [4.78, 5) is 11.7. The summed E-state index contributed by atoms with van der Waals surface area (Å²) in [5.41, 5.74) is 4.60. The Morgan fingerprint density at radius 2 is 1.52 bits per heavy atom. The van der Waals surface area contributed by atoms with Gasteiger partial charge in [0.2, 0.25) is 0 Å². The van der Waals surface area contributed by atoms with Crippen molar-refractivity contribution in [3.05, 3.63) is 107 Å². The van der Waals surface area contributed by atoms with Gasteiger partial charge in [0.05, 0.1) is 18.8 Å². The van der Waals surface area contributed by atoms with Crippen molar-refractivity contribution in [2.24, 2.45) is 0 Å². The number of hydrogen-bond acceptors (Lipinski definition) is 3. The average Bonchev–Trinajstić information content (AvgIpc) is 3.54. The second-order valence-electron chi connectivity index (χ2n) is 7.07. The summed E-state index contributed by atoms with van der Waals surface area (Å²) in [6, 6.07) is 25.8. The lowest BCUT2D eigenvalue weighted by Gasteiger charge is -2.12. The summed E-state index contributed by atoms with van der Waals surface area (Å²) < 4.78 is 10.8. The molecule has 0 amide bonds. The fourth-order valence-corrected chi connectivity index (χ4v) is 3.29. The fraction of sp³-hybridized carbons (Fsp3) is 0.192. The molecular weight excluding hydrogens is 360 g/mol. The van der Waals surface area contributed by atoms with Gasteiger partial charge >= 0.3 is 5.97 Å². The van der Waals surface area contributed by atoms with E-state index in [1.54, 1.807) is 19.1 Å². The molecule has 1 fully saturated rings. The van der Waals surface area contributed by atoms with Crippen molar-refractivity contribution < 1.29 is 14.3 Å². The minimum Gasteiger partial charge on any atom is -0.462 e. The lowest BCUT2D eigenvalue weighted by atomic mass is 9.92. The number of ether oxygens (including phenoxy) is 2. The highest BCUT2D eigenvalue weighted by atomic mass is 16.6. The van der Waals surface area contributed by atoms with Crippen LogP contribution in [0.4, 0.5) is 0 Å². The zero-order chi connectivity index (χ0) is 20.1. The molecule has 0 spiro atoms. The van der Waals surface area contributed by atoms with E-state index in [0.29, 0.717) is 12.2 Å². The summed E-state index contributed by atoms with van der Waals surface area (Å²) in [6.45, 7) is 2.91. The summed E-state index contributed by atoms with van der Waals surface area (Å²) >= 11 is 0. The monoisotopic (exact) mass is 382 g/mol. The largest absolute Gasteiger partial charge is 0.462 e. The van der Waals surface area contributed by atoms with Crippen LogP contribution in [-0.4, -0.2) is 19.2 Å². The first-order chi connectivity index (χ1) is 14.2. The van der Waals surface area contributed by atoms with Crippen LogP contribution >= 0.6 is 0 Å². The van der Waals surface area contributed by atoms with E-state index in [2.05, 4.69) is 48.2 Å². The number of hydrogen-bond donors (Lipinski definition) is 0. The zero-order valence-corrected chi connectivity index (χ0v) is 16.4. The maximum atomic E-state index is 11.7. The van der Waals surface area contributed by atoms with Gasteiger partial charge in [0.15, 0.2) is 0 Å². The SMILES string of the molecule is CCOC(=O)c1ccc(C#Cc2ccc(C3(Cc4ccccc4)CO3)cc2)cc1. The standard InChI is InChI=1S/C26H22O3/c1-2-28-25(27)23-14-10-20(11-15-23)8-9-21-12-16-24(17-13-21)26(19-29-26)18-22-6-4-3-5-7-22/h3-7,10-17H,2,18-19H2,1H3. The molecule has 0 aromatic heterocycles. The van der Waals surface area contributed by atoms with Gasteiger partial charge in [-0.15, -0.1) is 0 Å². The predicted octanol–water partition coefficient (Wildman–Crippen LogP) is 4.73. The van der Waals surface area contributed by atoms with Crippen molar-refractivity contribution in [2.75, 3.05) is 13.2 Å². The van der Waals surface area contributed by atoms with Gasteiger partial charge in [-0.1, -0.05) is 54.3 Å². The summed E-state index contributed by atoms with van der Waals surface area (Å²) in [5, 5.41) is 0. The highest BCUT2D eigenvalue weighted by molar-refractivity contribution is 5.89. The molecule has 1 aliphatic heterocycles. The van der Waals surface area contributed by atoms with E-state index >= 15 is 0 Å². The van der Waals surface area contributed by atoms with Gasteiger partial charge in [-0.2, -0.15) is 0 Å². The first kappa shape index (κ1) is 19.0. The summed E-state index contributed by atoms with van der Waals surface area (Å²) in [7, 11) is 0. The van der Waals surface area contributed by atoms with Crippen molar-refractivity contribution in [3.63, 3.8) is 0 Å². The van der Waals surface area contributed by atoms with E-state index in [1.165, 1.54) is 11.1 Å². The van der Waals surface area contributed by atoms with E-state index in [9.17, 15) is 4.79 Å². The Morgan fingerprint density at radius 3 is 2.07 bits per heavy atom. The van der Waals surface area contributed by atoms with Gasteiger partial charge in [-0.25, -0.2) is 4.79 Å². The maximum absolute atomic E-state index is 11.7. The van der Waals surface area contributed by atoms with Crippen LogP contribution in [0.25, 0.3) is 0 Å². The molecular formula is C26H22O3. The number of carbonyl (C=O) groups is 1. The molecule has 144 valence electrons. The fourth-order valence-electron chi connectivity index (χ4n) is 3.29. The molecule has 3 aromatic rings. The second kappa shape index (κ2) is 8.34. The number of benzene rings is 3. The van der Waals surface area contributed by atoms with Gasteiger partial charge in [-0.05, 0) is 54.4 Å². The molecule has 29 heavy (non-hydrogen) atoms. The first-order valence-electron chi connectivity index (χ1n) is 9.76. The van der Waals surface area contributed by atoms with Crippen LogP contribution in [0.5, 0.6) is 0 Å². The van der Waals surface area contributed by atoms with Gasteiger partial charge in [0.25, 0.3) is 0 Å². The third-order valence-electron chi connectivity index (χ3n) is 4.98. The topological polar surface area (TPSA) is 38.8 Å². The Morgan fingerprint density at radius 1 is 0.931 bits per heavy atom. The molecule has 3 nitrogen and oxygen atoms in total. The highest BCUT2D eigenvalue weighted by Crippen LogP contribution is 2.41. The Bertz CT molecular complexity index is 1040. The van der Waals surface area contributed by atoms with Crippen LogP contribution in [-0.2, 0) is 21.5 Å². The smallest absolute Gasteiger partial charge is 0.338 e. The number of rotatable bonds is 5. The van der Waals surface area contributed by atoms with Gasteiger partial charge in [-0.3, -0.25) is 0 Å². The van der Waals surface area contributed by atoms with Crippen molar-refractivity contribution in [1.82, 2.24) is 0 Å². The molecule has 4 rings (SSSR count). The Balaban J connectivity index is 1.44. The van der Waals surface area contributed by atoms with Crippen molar-refractivity contribution >= 4 is 5.97 Å². The Hall–Kier alpha value is -3.35. The van der Waals surface area contributed by atoms with Crippen LogP contribution in [0.3, 0.4) is 0 Å². The highest BCUT2D eigenvalue weighted by Gasteiger charge is 2.46. The van der Waals surface area contributed by atoms with Crippen molar-refractivity contribution in [1.29, 1.82) is 0 Å². The molecule has 1 unspecified atom stereocenters. The molecule has 1 heterocycles. The van der Waals surface area contributed by atoms with Crippen LogP contribution in [0.15, 0.2) is 78.9 Å². The van der Waals surface area contributed by atoms with E-state index in [-0.39, 0.29) is 11.6 Å². The van der Waals surface area contributed by atoms with Crippen LogP contribution < -0.4 is 0 Å². The maximum Gasteiger partial charge on any atom is 0.338 e. The number of carbonyl (C=O) groups excluding carboxylic acids is 1. The Labute approximate surface area is 171 Å². The van der Waals surface area contributed by atoms with Crippen LogP contribution in [0.2, 0.25) is 0 Å². The zero-order valence-electron chi connectivity index (χ0n) is 16.4. The number of esters is 1. The van der Waals surface area contributed by atoms with Crippen molar-refractivity contribution in [2.45, 2.75) is 18.9 Å². The van der Waals surface area contributed by atoms with Crippen LogP contribution in [0.1, 0.15) is 39.5 Å². The Kier molecular flexibility index (Phi) is 5.46. The van der Waals surface area contributed by atoms with Gasteiger partial charge in [0.1, 0.15) is 5.60 Å². The van der Waals surface area contributed by atoms with E-state index < -0.39 is 0 Å². The van der Waals surface area contributed by atoms with E-state index in [1.807, 2.05) is 30.3 Å². The lowest BCUT2D eigenvalue weighted by Crippen LogP contribution is -2.12. The van der Waals surface area contributed by atoms with E-state index in [0.717, 1.165) is 24.2 Å². The third kappa shape index (κ3) is 4.56. The second-order valence-corrected chi connectivity index (χ2v) is 7.07. The molecule has 1 atom stereocenters. The third-order valence-corrected chi connectivity index (χ3v) is 4.98. The van der Waals surface area contributed by atoms with Crippen molar-refractivity contribution in [3.8, 4) is 11.8 Å². The quantitative estimate of drug-likeness (QED) is 0.364. The number of epoxide rings is 1. The molecule has 1 aliphatic rings. The average molecular weight is 382 g/mol. The van der Waals surface area contributed by atoms with Gasteiger partial charge in [0, 0.05) is 17.5 Å². The summed E-state index contributed by atoms with van der Waals surface area (Å²) in [5.74, 6) is 6.01. The molecule has 0 saturated carbocycles. The molecule has 0 bridgehead atoms. The first-order valence-corrected chi connectivity index (χ1v) is 9.76. The molecule has 0 radical (unpaired) electrons. The van der Waals surface area contributed by atoms with E-state index in [4.69, 9.17) is 9.47 Å².